The number of nitrogens with zero attached hydrogens (tertiary/aromatic N) is 1. The maximum atomic E-state index is 11.9. The number of rotatable bonds is 2. The lowest BCUT2D eigenvalue weighted by molar-refractivity contribution is -0.118. The SMILES string of the molecule is CC.CC.CC.CC1=C(/C=C/c2ccccc2)CC(C)(C)CC1=O.CN(C)C. The van der Waals surface area contributed by atoms with Gasteiger partial charge in [0.25, 0.3) is 0 Å². The molecule has 0 atom stereocenters. The fraction of sp³-hybridized carbons (Fsp3) is 0.577. The Morgan fingerprint density at radius 1 is 0.821 bits per heavy atom. The number of ketones is 1. The minimum atomic E-state index is 0.0902. The third-order valence-corrected chi connectivity index (χ3v) is 3.48. The van der Waals surface area contributed by atoms with Crippen LogP contribution in [0.3, 0.4) is 0 Å². The van der Waals surface area contributed by atoms with Crippen LogP contribution in [0, 0.1) is 5.41 Å². The predicted octanol–water partition coefficient (Wildman–Crippen LogP) is 7.66. The van der Waals surface area contributed by atoms with Crippen molar-refractivity contribution in [2.45, 2.75) is 75.2 Å². The molecule has 0 fully saturated rings. The monoisotopic (exact) mass is 389 g/mol. The van der Waals surface area contributed by atoms with Crippen LogP contribution in [0.4, 0.5) is 0 Å². The van der Waals surface area contributed by atoms with Crippen molar-refractivity contribution < 1.29 is 4.79 Å². The number of hydrogen-bond acceptors (Lipinski definition) is 2. The van der Waals surface area contributed by atoms with E-state index in [0.717, 1.165) is 12.0 Å². The topological polar surface area (TPSA) is 20.3 Å². The lowest BCUT2D eigenvalue weighted by Crippen LogP contribution is -2.24. The fourth-order valence-corrected chi connectivity index (χ4v) is 2.40. The summed E-state index contributed by atoms with van der Waals surface area (Å²) in [7, 11) is 6.00. The van der Waals surface area contributed by atoms with Gasteiger partial charge in [0.1, 0.15) is 0 Å². The Balaban J connectivity index is -0.000000535. The van der Waals surface area contributed by atoms with Crippen LogP contribution >= 0.6 is 0 Å². The number of allylic oxidation sites excluding steroid dienone is 3. The third-order valence-electron chi connectivity index (χ3n) is 3.48. The molecule has 1 aromatic carbocycles. The second-order valence-electron chi connectivity index (χ2n) is 7.18. The molecule has 2 rings (SSSR count). The predicted molar refractivity (Wildman–Crippen MR) is 130 cm³/mol. The van der Waals surface area contributed by atoms with E-state index >= 15 is 0 Å². The first kappa shape index (κ1) is 31.0. The summed E-state index contributed by atoms with van der Waals surface area (Å²) in [5, 5.41) is 0. The smallest absolute Gasteiger partial charge is 0.159 e. The number of Topliss-reactive ketones (excluding diaryl/α,β-unsaturated/α-hetero) is 1. The van der Waals surface area contributed by atoms with Gasteiger partial charge < -0.3 is 4.90 Å². The molecule has 0 aliphatic heterocycles. The van der Waals surface area contributed by atoms with Crippen molar-refractivity contribution >= 4 is 11.9 Å². The van der Waals surface area contributed by atoms with E-state index in [9.17, 15) is 4.79 Å². The molecule has 28 heavy (non-hydrogen) atoms. The minimum Gasteiger partial charge on any atom is -0.312 e. The summed E-state index contributed by atoms with van der Waals surface area (Å²) in [6.45, 7) is 18.3. The molecule has 1 aromatic rings. The number of carbonyl (C=O) groups excluding carboxylic acids is 1. The average Bonchev–Trinajstić information content (AvgIpc) is 2.68. The van der Waals surface area contributed by atoms with E-state index in [1.165, 1.54) is 11.1 Å². The van der Waals surface area contributed by atoms with E-state index in [4.69, 9.17) is 0 Å². The zero-order chi connectivity index (χ0) is 22.8. The van der Waals surface area contributed by atoms with E-state index in [2.05, 4.69) is 38.1 Å². The minimum absolute atomic E-state index is 0.0902. The summed E-state index contributed by atoms with van der Waals surface area (Å²) in [5.74, 6) is 0.291. The quantitative estimate of drug-likeness (QED) is 0.517. The molecule has 0 saturated heterocycles. The van der Waals surface area contributed by atoms with E-state index in [1.54, 1.807) is 0 Å². The highest BCUT2D eigenvalue weighted by atomic mass is 16.1. The molecule has 0 N–H and O–H groups in total. The van der Waals surface area contributed by atoms with Gasteiger partial charge >= 0.3 is 0 Å². The molecule has 0 amide bonds. The third kappa shape index (κ3) is 15.4. The first-order chi connectivity index (χ1) is 13.2. The summed E-state index contributed by atoms with van der Waals surface area (Å²) in [5.41, 5.74) is 3.38. The van der Waals surface area contributed by atoms with Crippen LogP contribution in [0.1, 0.15) is 80.7 Å². The molecule has 0 saturated carbocycles. The van der Waals surface area contributed by atoms with Crippen LogP contribution in [-0.2, 0) is 4.79 Å². The van der Waals surface area contributed by atoms with Crippen molar-refractivity contribution in [3.05, 3.63) is 53.1 Å². The number of benzene rings is 1. The largest absolute Gasteiger partial charge is 0.312 e. The summed E-state index contributed by atoms with van der Waals surface area (Å²) in [6, 6.07) is 10.2. The number of hydrogen-bond donors (Lipinski definition) is 0. The van der Waals surface area contributed by atoms with Gasteiger partial charge in [0.2, 0.25) is 0 Å². The van der Waals surface area contributed by atoms with Gasteiger partial charge in [-0.2, -0.15) is 0 Å². The molecule has 2 nitrogen and oxygen atoms in total. The highest BCUT2D eigenvalue weighted by Gasteiger charge is 2.29. The molecular formula is C26H47NO. The Bertz CT molecular complexity index is 548. The zero-order valence-electron chi connectivity index (χ0n) is 20.8. The van der Waals surface area contributed by atoms with Crippen LogP contribution in [0.2, 0.25) is 0 Å². The zero-order valence-corrected chi connectivity index (χ0v) is 20.8. The van der Waals surface area contributed by atoms with Crippen molar-refractivity contribution in [1.29, 1.82) is 0 Å². The summed E-state index contributed by atoms with van der Waals surface area (Å²) in [4.78, 5) is 13.9. The lowest BCUT2D eigenvalue weighted by Gasteiger charge is -2.30. The van der Waals surface area contributed by atoms with Gasteiger partial charge in [-0.1, -0.05) is 97.9 Å². The average molecular weight is 390 g/mol. The van der Waals surface area contributed by atoms with Crippen molar-refractivity contribution in [1.82, 2.24) is 4.90 Å². The second-order valence-corrected chi connectivity index (χ2v) is 7.18. The van der Waals surface area contributed by atoms with Gasteiger partial charge in [-0.15, -0.1) is 0 Å². The van der Waals surface area contributed by atoms with Crippen molar-refractivity contribution in [3.8, 4) is 0 Å². The lowest BCUT2D eigenvalue weighted by atomic mass is 9.74. The van der Waals surface area contributed by atoms with E-state index < -0.39 is 0 Å². The Hall–Kier alpha value is -1.67. The van der Waals surface area contributed by atoms with Gasteiger partial charge in [-0.05, 0) is 56.6 Å². The Morgan fingerprint density at radius 3 is 1.68 bits per heavy atom. The standard InChI is InChI=1S/C17H20O.C3H9N.3C2H6/c1-13-15(11-17(2,3)12-16(13)18)10-9-14-7-5-4-6-8-14;1-4(2)3;3*1-2/h4-10H,11-12H2,1-3H3;1-3H3;3*1-2H3/b10-9+;;;;. The van der Waals surface area contributed by atoms with Gasteiger partial charge in [-0.25, -0.2) is 0 Å². The Labute approximate surface area is 176 Å². The molecular weight excluding hydrogens is 342 g/mol. The van der Waals surface area contributed by atoms with Crippen LogP contribution < -0.4 is 0 Å². The molecule has 0 heterocycles. The Kier molecular flexibility index (Phi) is 20.7. The molecule has 0 aromatic heterocycles. The highest BCUT2D eigenvalue weighted by molar-refractivity contribution is 5.97. The van der Waals surface area contributed by atoms with E-state index in [1.807, 2.05) is 92.7 Å². The fourth-order valence-electron chi connectivity index (χ4n) is 2.40. The first-order valence-corrected chi connectivity index (χ1v) is 10.8. The molecule has 2 heteroatoms. The molecule has 1 aliphatic carbocycles. The highest BCUT2D eigenvalue weighted by Crippen LogP contribution is 2.37. The second kappa shape index (κ2) is 18.7. The van der Waals surface area contributed by atoms with Gasteiger partial charge in [0.05, 0.1) is 0 Å². The van der Waals surface area contributed by atoms with Gasteiger partial charge in [-0.3, -0.25) is 4.79 Å². The molecule has 0 spiro atoms. The van der Waals surface area contributed by atoms with Crippen LogP contribution in [0.15, 0.2) is 47.6 Å². The normalized spacial score (nSPS) is 14.5. The van der Waals surface area contributed by atoms with Crippen molar-refractivity contribution in [2.24, 2.45) is 5.41 Å². The summed E-state index contributed by atoms with van der Waals surface area (Å²) < 4.78 is 0. The summed E-state index contributed by atoms with van der Waals surface area (Å²) in [6.07, 6.45) is 5.84. The molecule has 0 bridgehead atoms. The maximum absolute atomic E-state index is 11.9. The summed E-state index contributed by atoms with van der Waals surface area (Å²) >= 11 is 0. The Morgan fingerprint density at radius 2 is 1.25 bits per heavy atom. The van der Waals surface area contributed by atoms with Crippen LogP contribution in [-0.4, -0.2) is 31.8 Å². The molecule has 1 aliphatic rings. The van der Waals surface area contributed by atoms with Gasteiger partial charge in [0, 0.05) is 6.42 Å². The van der Waals surface area contributed by atoms with Gasteiger partial charge in [0.15, 0.2) is 5.78 Å². The van der Waals surface area contributed by atoms with Crippen LogP contribution in [0.5, 0.6) is 0 Å². The molecule has 0 radical (unpaired) electrons. The van der Waals surface area contributed by atoms with Crippen LogP contribution in [0.25, 0.3) is 6.08 Å². The van der Waals surface area contributed by atoms with Crippen molar-refractivity contribution in [2.75, 3.05) is 21.1 Å². The van der Waals surface area contributed by atoms with E-state index in [-0.39, 0.29) is 5.41 Å². The molecule has 162 valence electrons. The van der Waals surface area contributed by atoms with E-state index in [0.29, 0.717) is 12.2 Å². The number of carbonyl (C=O) groups is 1. The maximum Gasteiger partial charge on any atom is 0.159 e. The first-order valence-electron chi connectivity index (χ1n) is 10.8. The molecule has 0 unspecified atom stereocenters. The van der Waals surface area contributed by atoms with Crippen molar-refractivity contribution in [3.63, 3.8) is 0 Å².